The zero-order chi connectivity index (χ0) is 15.4. The average molecular weight is 348 g/mol. The van der Waals surface area contributed by atoms with Gasteiger partial charge in [0.15, 0.2) is 0 Å². The lowest BCUT2D eigenvalue weighted by atomic mass is 10.00. The summed E-state index contributed by atoms with van der Waals surface area (Å²) in [5.41, 5.74) is 4.42. The third-order valence-electron chi connectivity index (χ3n) is 3.67. The van der Waals surface area contributed by atoms with Gasteiger partial charge in [0.1, 0.15) is 0 Å². The van der Waals surface area contributed by atoms with Crippen LogP contribution in [0.4, 0.5) is 5.69 Å². The van der Waals surface area contributed by atoms with Gasteiger partial charge in [0.2, 0.25) is 0 Å². The van der Waals surface area contributed by atoms with Crippen molar-refractivity contribution < 1.29 is 5.11 Å². The van der Waals surface area contributed by atoms with Gasteiger partial charge in [-0.25, -0.2) is 0 Å². The van der Waals surface area contributed by atoms with Crippen LogP contribution >= 0.6 is 15.9 Å². The molecule has 0 saturated heterocycles. The highest BCUT2D eigenvalue weighted by molar-refractivity contribution is 9.10. The van der Waals surface area contributed by atoms with Gasteiger partial charge in [-0.2, -0.15) is 0 Å². The lowest BCUT2D eigenvalue weighted by Gasteiger charge is -2.16. The van der Waals surface area contributed by atoms with Gasteiger partial charge < -0.3 is 10.4 Å². The Morgan fingerprint density at radius 1 is 1.05 bits per heavy atom. The molecule has 2 aromatic carbocycles. The Morgan fingerprint density at radius 3 is 2.29 bits per heavy atom. The molecule has 0 aliphatic heterocycles. The van der Waals surface area contributed by atoms with Crippen LogP contribution in [0.3, 0.4) is 0 Å². The average Bonchev–Trinajstić information content (AvgIpc) is 2.48. The minimum atomic E-state index is -0.515. The predicted molar refractivity (Wildman–Crippen MR) is 92.9 cm³/mol. The van der Waals surface area contributed by atoms with Gasteiger partial charge in [-0.15, -0.1) is 0 Å². The van der Waals surface area contributed by atoms with E-state index in [0.29, 0.717) is 12.5 Å². The summed E-state index contributed by atoms with van der Waals surface area (Å²) in [6, 6.07) is 14.3. The van der Waals surface area contributed by atoms with Crippen molar-refractivity contribution in [1.29, 1.82) is 0 Å². The summed E-state index contributed by atoms with van der Waals surface area (Å²) < 4.78 is 1.05. The summed E-state index contributed by atoms with van der Waals surface area (Å²) in [5, 5.41) is 13.6. The Bertz CT molecular complexity index is 593. The monoisotopic (exact) mass is 347 g/mol. The zero-order valence-electron chi connectivity index (χ0n) is 12.7. The van der Waals surface area contributed by atoms with Crippen LogP contribution in [-0.2, 0) is 0 Å². The number of aliphatic hydroxyl groups excluding tert-OH is 1. The van der Waals surface area contributed by atoms with Crippen molar-refractivity contribution in [3.8, 4) is 0 Å². The summed E-state index contributed by atoms with van der Waals surface area (Å²) in [5.74, 6) is 0.512. The van der Waals surface area contributed by atoms with Crippen molar-refractivity contribution in [2.24, 2.45) is 0 Å². The fraction of sp³-hybridized carbons (Fsp3) is 0.333. The van der Waals surface area contributed by atoms with Gasteiger partial charge in [0.05, 0.1) is 6.10 Å². The van der Waals surface area contributed by atoms with Crippen LogP contribution in [0, 0.1) is 6.92 Å². The fourth-order valence-corrected chi connectivity index (χ4v) is 2.62. The summed E-state index contributed by atoms with van der Waals surface area (Å²) in [6.07, 6.45) is -0.515. The van der Waals surface area contributed by atoms with Crippen LogP contribution in [-0.4, -0.2) is 11.7 Å². The first-order chi connectivity index (χ1) is 9.99. The Labute approximate surface area is 135 Å². The Hall–Kier alpha value is -1.32. The summed E-state index contributed by atoms with van der Waals surface area (Å²) in [4.78, 5) is 0. The maximum Gasteiger partial charge on any atom is 0.0962 e. The molecule has 0 radical (unpaired) electrons. The molecule has 0 spiro atoms. The SMILES string of the molecule is Cc1cccc(NCC(O)c2ccc(C(C)C)cc2)c1Br. The quantitative estimate of drug-likeness (QED) is 0.795. The van der Waals surface area contributed by atoms with E-state index in [2.05, 4.69) is 60.2 Å². The number of benzene rings is 2. The molecule has 0 aliphatic rings. The van der Waals surface area contributed by atoms with Gasteiger partial charge in [0.25, 0.3) is 0 Å². The predicted octanol–water partition coefficient (Wildman–Crippen LogP) is 5.03. The van der Waals surface area contributed by atoms with Crippen molar-refractivity contribution in [1.82, 2.24) is 0 Å². The van der Waals surface area contributed by atoms with E-state index in [0.717, 1.165) is 15.7 Å². The Morgan fingerprint density at radius 2 is 1.67 bits per heavy atom. The summed E-state index contributed by atoms with van der Waals surface area (Å²) in [7, 11) is 0. The molecule has 0 aliphatic carbocycles. The second kappa shape index (κ2) is 7.10. The molecule has 1 unspecified atom stereocenters. The first-order valence-electron chi connectivity index (χ1n) is 7.26. The maximum atomic E-state index is 10.3. The first kappa shape index (κ1) is 16.1. The number of hydrogen-bond donors (Lipinski definition) is 2. The third-order valence-corrected chi connectivity index (χ3v) is 4.72. The molecule has 2 aromatic rings. The Kier molecular flexibility index (Phi) is 5.43. The molecule has 0 fully saturated rings. The number of hydrogen-bond acceptors (Lipinski definition) is 2. The van der Waals surface area contributed by atoms with E-state index in [1.165, 1.54) is 11.1 Å². The van der Waals surface area contributed by atoms with E-state index < -0.39 is 6.10 Å². The molecule has 0 bridgehead atoms. The highest BCUT2D eigenvalue weighted by Crippen LogP contribution is 2.26. The van der Waals surface area contributed by atoms with Crippen LogP contribution < -0.4 is 5.32 Å². The summed E-state index contributed by atoms with van der Waals surface area (Å²) >= 11 is 3.57. The minimum Gasteiger partial charge on any atom is -0.387 e. The number of halogens is 1. The topological polar surface area (TPSA) is 32.3 Å². The van der Waals surface area contributed by atoms with Crippen LogP contribution in [0.25, 0.3) is 0 Å². The maximum absolute atomic E-state index is 10.3. The minimum absolute atomic E-state index is 0.489. The van der Waals surface area contributed by atoms with Crippen molar-refractivity contribution in [2.45, 2.75) is 32.8 Å². The molecule has 21 heavy (non-hydrogen) atoms. The van der Waals surface area contributed by atoms with Crippen LogP contribution in [0.15, 0.2) is 46.9 Å². The number of aryl methyl sites for hydroxylation is 1. The second-order valence-electron chi connectivity index (χ2n) is 5.65. The lowest BCUT2D eigenvalue weighted by Crippen LogP contribution is -2.12. The molecular weight excluding hydrogens is 326 g/mol. The lowest BCUT2D eigenvalue weighted by molar-refractivity contribution is 0.191. The van der Waals surface area contributed by atoms with Crippen molar-refractivity contribution in [3.05, 3.63) is 63.6 Å². The van der Waals surface area contributed by atoms with E-state index in [4.69, 9.17) is 0 Å². The molecule has 0 saturated carbocycles. The second-order valence-corrected chi connectivity index (χ2v) is 6.45. The van der Waals surface area contributed by atoms with Gasteiger partial charge in [-0.3, -0.25) is 0 Å². The number of anilines is 1. The number of aliphatic hydroxyl groups is 1. The fourth-order valence-electron chi connectivity index (χ4n) is 2.21. The first-order valence-corrected chi connectivity index (χ1v) is 8.05. The van der Waals surface area contributed by atoms with Crippen molar-refractivity contribution in [2.75, 3.05) is 11.9 Å². The van der Waals surface area contributed by atoms with E-state index in [1.54, 1.807) is 0 Å². The number of nitrogens with one attached hydrogen (secondary N) is 1. The van der Waals surface area contributed by atoms with Crippen molar-refractivity contribution >= 4 is 21.6 Å². The van der Waals surface area contributed by atoms with E-state index in [9.17, 15) is 5.11 Å². The van der Waals surface area contributed by atoms with Gasteiger partial charge in [-0.05, 0) is 51.5 Å². The van der Waals surface area contributed by atoms with Gasteiger partial charge >= 0.3 is 0 Å². The molecule has 112 valence electrons. The highest BCUT2D eigenvalue weighted by atomic mass is 79.9. The number of rotatable bonds is 5. The Balaban J connectivity index is 2.01. The smallest absolute Gasteiger partial charge is 0.0962 e. The molecule has 0 amide bonds. The van der Waals surface area contributed by atoms with E-state index in [1.807, 2.05) is 24.3 Å². The molecule has 0 aromatic heterocycles. The standard InChI is InChI=1S/C18H22BrNO/c1-12(2)14-7-9-15(10-8-14)17(21)11-20-16-6-4-5-13(3)18(16)19/h4-10,12,17,20-21H,11H2,1-3H3. The van der Waals surface area contributed by atoms with Crippen LogP contribution in [0.5, 0.6) is 0 Å². The normalized spacial score (nSPS) is 12.5. The largest absolute Gasteiger partial charge is 0.387 e. The highest BCUT2D eigenvalue weighted by Gasteiger charge is 2.09. The molecule has 3 heteroatoms. The molecule has 0 heterocycles. The molecular formula is C18H22BrNO. The van der Waals surface area contributed by atoms with Crippen LogP contribution in [0.2, 0.25) is 0 Å². The molecule has 2 rings (SSSR count). The van der Waals surface area contributed by atoms with Gasteiger partial charge in [-0.1, -0.05) is 50.2 Å². The van der Waals surface area contributed by atoms with Gasteiger partial charge in [0, 0.05) is 16.7 Å². The molecule has 1 atom stereocenters. The summed E-state index contributed by atoms with van der Waals surface area (Å²) in [6.45, 7) is 6.88. The van der Waals surface area contributed by atoms with Crippen LogP contribution in [0.1, 0.15) is 42.6 Å². The molecule has 2 nitrogen and oxygen atoms in total. The van der Waals surface area contributed by atoms with E-state index in [-0.39, 0.29) is 0 Å². The zero-order valence-corrected chi connectivity index (χ0v) is 14.3. The van der Waals surface area contributed by atoms with E-state index >= 15 is 0 Å². The molecule has 2 N–H and O–H groups in total. The third kappa shape index (κ3) is 4.08. The van der Waals surface area contributed by atoms with Crippen molar-refractivity contribution in [3.63, 3.8) is 0 Å².